The van der Waals surface area contributed by atoms with E-state index in [2.05, 4.69) is 9.97 Å². The van der Waals surface area contributed by atoms with Crippen molar-refractivity contribution in [3.8, 4) is 11.6 Å². The van der Waals surface area contributed by atoms with Gasteiger partial charge in [0.15, 0.2) is 0 Å². The number of ether oxygens (including phenoxy) is 1. The standard InChI is InChI=1S/C13H13ClFN3O/c1-2-10-12(15)13(18-7-17-10)19-11-5-3-4-9(14)8(11)6-16/h3-5,7H,2,6,16H2,1H3. The normalized spacial score (nSPS) is 10.5. The molecule has 0 aliphatic rings. The Morgan fingerprint density at radius 2 is 2.16 bits per heavy atom. The monoisotopic (exact) mass is 281 g/mol. The third-order valence-corrected chi connectivity index (χ3v) is 3.01. The summed E-state index contributed by atoms with van der Waals surface area (Å²) in [6.45, 7) is 2.00. The van der Waals surface area contributed by atoms with Gasteiger partial charge in [-0.3, -0.25) is 0 Å². The first-order chi connectivity index (χ1) is 9.17. The molecule has 1 aromatic carbocycles. The molecule has 19 heavy (non-hydrogen) atoms. The topological polar surface area (TPSA) is 61.0 Å². The van der Waals surface area contributed by atoms with E-state index in [1.807, 2.05) is 0 Å². The molecule has 0 amide bonds. The molecule has 0 fully saturated rings. The van der Waals surface area contributed by atoms with Gasteiger partial charge in [0.2, 0.25) is 5.82 Å². The second-order valence-electron chi connectivity index (χ2n) is 3.82. The molecule has 0 unspecified atom stereocenters. The smallest absolute Gasteiger partial charge is 0.259 e. The molecule has 0 saturated heterocycles. The highest BCUT2D eigenvalue weighted by Gasteiger charge is 2.14. The molecule has 100 valence electrons. The number of rotatable bonds is 4. The van der Waals surface area contributed by atoms with Crippen LogP contribution in [-0.4, -0.2) is 9.97 Å². The predicted molar refractivity (Wildman–Crippen MR) is 70.8 cm³/mol. The summed E-state index contributed by atoms with van der Waals surface area (Å²) < 4.78 is 19.4. The van der Waals surface area contributed by atoms with Crippen molar-refractivity contribution >= 4 is 11.6 Å². The highest BCUT2D eigenvalue weighted by Crippen LogP contribution is 2.30. The van der Waals surface area contributed by atoms with Gasteiger partial charge in [0.25, 0.3) is 5.88 Å². The molecule has 1 heterocycles. The third kappa shape index (κ3) is 2.83. The molecule has 2 rings (SSSR count). The first-order valence-corrected chi connectivity index (χ1v) is 6.19. The highest BCUT2D eigenvalue weighted by molar-refractivity contribution is 6.31. The fourth-order valence-electron chi connectivity index (χ4n) is 1.64. The van der Waals surface area contributed by atoms with Crippen molar-refractivity contribution < 1.29 is 9.13 Å². The second-order valence-corrected chi connectivity index (χ2v) is 4.22. The maximum Gasteiger partial charge on any atom is 0.259 e. The molecule has 4 nitrogen and oxygen atoms in total. The van der Waals surface area contributed by atoms with Gasteiger partial charge in [-0.2, -0.15) is 9.37 Å². The van der Waals surface area contributed by atoms with Crippen LogP contribution in [-0.2, 0) is 13.0 Å². The summed E-state index contributed by atoms with van der Waals surface area (Å²) in [5.74, 6) is -0.286. The summed E-state index contributed by atoms with van der Waals surface area (Å²) in [7, 11) is 0. The average molecular weight is 282 g/mol. The maximum absolute atomic E-state index is 14.0. The van der Waals surface area contributed by atoms with Gasteiger partial charge in [-0.1, -0.05) is 24.6 Å². The quantitative estimate of drug-likeness (QED) is 0.935. The zero-order valence-electron chi connectivity index (χ0n) is 10.4. The van der Waals surface area contributed by atoms with E-state index in [9.17, 15) is 4.39 Å². The van der Waals surface area contributed by atoms with E-state index in [1.165, 1.54) is 6.33 Å². The Morgan fingerprint density at radius 1 is 1.37 bits per heavy atom. The molecule has 0 aliphatic heterocycles. The Hall–Kier alpha value is -1.72. The molecular weight excluding hydrogens is 269 g/mol. The molecule has 2 aromatic rings. The van der Waals surface area contributed by atoms with Crippen LogP contribution in [0.4, 0.5) is 4.39 Å². The van der Waals surface area contributed by atoms with Crippen molar-refractivity contribution in [2.75, 3.05) is 0 Å². The lowest BCUT2D eigenvalue weighted by atomic mass is 10.2. The van der Waals surface area contributed by atoms with Crippen molar-refractivity contribution in [3.05, 3.63) is 46.6 Å². The van der Waals surface area contributed by atoms with Gasteiger partial charge in [0.1, 0.15) is 12.1 Å². The summed E-state index contributed by atoms with van der Waals surface area (Å²) in [5.41, 5.74) is 6.53. The Morgan fingerprint density at radius 3 is 2.84 bits per heavy atom. The number of aromatic nitrogens is 2. The average Bonchev–Trinajstić information content (AvgIpc) is 2.41. The number of nitrogens with zero attached hydrogens (tertiary/aromatic N) is 2. The van der Waals surface area contributed by atoms with Gasteiger partial charge in [0.05, 0.1) is 5.69 Å². The summed E-state index contributed by atoms with van der Waals surface area (Å²) >= 11 is 6.01. The molecule has 0 aliphatic carbocycles. The van der Waals surface area contributed by atoms with Crippen LogP contribution in [0.1, 0.15) is 18.2 Å². The van der Waals surface area contributed by atoms with Gasteiger partial charge in [0, 0.05) is 17.1 Å². The van der Waals surface area contributed by atoms with Crippen molar-refractivity contribution in [1.82, 2.24) is 9.97 Å². The van der Waals surface area contributed by atoms with Crippen LogP contribution < -0.4 is 10.5 Å². The number of benzene rings is 1. The molecule has 0 spiro atoms. The van der Waals surface area contributed by atoms with E-state index in [-0.39, 0.29) is 12.4 Å². The van der Waals surface area contributed by atoms with Crippen LogP contribution >= 0.6 is 11.6 Å². The van der Waals surface area contributed by atoms with Gasteiger partial charge in [-0.05, 0) is 18.6 Å². The third-order valence-electron chi connectivity index (χ3n) is 2.65. The fraction of sp³-hybridized carbons (Fsp3) is 0.231. The molecule has 0 bridgehead atoms. The van der Waals surface area contributed by atoms with Gasteiger partial charge in [-0.15, -0.1) is 0 Å². The van der Waals surface area contributed by atoms with Crippen LogP contribution in [0.15, 0.2) is 24.5 Å². The summed E-state index contributed by atoms with van der Waals surface area (Å²) in [5, 5.41) is 0.477. The lowest BCUT2D eigenvalue weighted by molar-refractivity contribution is 0.411. The minimum Gasteiger partial charge on any atom is -0.436 e. The van der Waals surface area contributed by atoms with Crippen LogP contribution in [0.3, 0.4) is 0 Å². The number of nitrogens with two attached hydrogens (primary N) is 1. The lowest BCUT2D eigenvalue weighted by Crippen LogP contribution is -2.03. The van der Waals surface area contributed by atoms with Gasteiger partial charge >= 0.3 is 0 Å². The highest BCUT2D eigenvalue weighted by atomic mass is 35.5. The van der Waals surface area contributed by atoms with E-state index in [0.717, 1.165) is 0 Å². The molecule has 2 N–H and O–H groups in total. The number of hydrogen-bond donors (Lipinski definition) is 1. The molecular formula is C13H13ClFN3O. The molecule has 1 aromatic heterocycles. The first kappa shape index (κ1) is 13.7. The maximum atomic E-state index is 14.0. The van der Waals surface area contributed by atoms with Gasteiger partial charge in [-0.25, -0.2) is 4.98 Å². The van der Waals surface area contributed by atoms with E-state index >= 15 is 0 Å². The minimum absolute atomic E-state index is 0.121. The zero-order valence-corrected chi connectivity index (χ0v) is 11.1. The summed E-state index contributed by atoms with van der Waals surface area (Å²) in [6, 6.07) is 5.07. The zero-order chi connectivity index (χ0) is 13.8. The Labute approximate surface area is 115 Å². The van der Waals surface area contributed by atoms with E-state index < -0.39 is 5.82 Å². The SMILES string of the molecule is CCc1ncnc(Oc2cccc(Cl)c2CN)c1F. The molecule has 0 saturated carbocycles. The Balaban J connectivity index is 2.39. The fourth-order valence-corrected chi connectivity index (χ4v) is 1.89. The lowest BCUT2D eigenvalue weighted by Gasteiger charge is -2.11. The molecule has 0 atom stereocenters. The predicted octanol–water partition coefficient (Wildman–Crippen LogP) is 3.08. The van der Waals surface area contributed by atoms with Crippen molar-refractivity contribution in [3.63, 3.8) is 0 Å². The van der Waals surface area contributed by atoms with Crippen molar-refractivity contribution in [2.24, 2.45) is 5.73 Å². The van der Waals surface area contributed by atoms with Crippen LogP contribution in [0.2, 0.25) is 5.02 Å². The van der Waals surface area contributed by atoms with E-state index in [4.69, 9.17) is 22.1 Å². The molecule has 6 heteroatoms. The number of halogens is 2. The van der Waals surface area contributed by atoms with Crippen molar-refractivity contribution in [1.29, 1.82) is 0 Å². The van der Waals surface area contributed by atoms with Crippen LogP contribution in [0.5, 0.6) is 11.6 Å². The van der Waals surface area contributed by atoms with Crippen LogP contribution in [0, 0.1) is 5.82 Å². The Bertz CT molecular complexity index is 592. The van der Waals surface area contributed by atoms with E-state index in [0.29, 0.717) is 28.5 Å². The number of hydrogen-bond acceptors (Lipinski definition) is 4. The number of aryl methyl sites for hydroxylation is 1. The largest absolute Gasteiger partial charge is 0.436 e. The summed E-state index contributed by atoms with van der Waals surface area (Å²) in [4.78, 5) is 7.64. The van der Waals surface area contributed by atoms with E-state index in [1.54, 1.807) is 25.1 Å². The van der Waals surface area contributed by atoms with Crippen molar-refractivity contribution in [2.45, 2.75) is 19.9 Å². The van der Waals surface area contributed by atoms with Crippen LogP contribution in [0.25, 0.3) is 0 Å². The summed E-state index contributed by atoms with van der Waals surface area (Å²) in [6.07, 6.45) is 1.73. The van der Waals surface area contributed by atoms with Gasteiger partial charge < -0.3 is 10.5 Å². The molecule has 0 radical (unpaired) electrons. The second kappa shape index (κ2) is 5.95. The first-order valence-electron chi connectivity index (χ1n) is 5.82. The Kier molecular flexibility index (Phi) is 4.29. The minimum atomic E-state index is -0.562.